The fourth-order valence-corrected chi connectivity index (χ4v) is 11.6. The Bertz CT molecular complexity index is 4730. The summed E-state index contributed by atoms with van der Waals surface area (Å²) in [7, 11) is -34.6. The van der Waals surface area contributed by atoms with Crippen LogP contribution in [0, 0.1) is 0 Å². The molecule has 80 heavy (non-hydrogen) atoms. The molecule has 11 rings (SSSR count). The summed E-state index contributed by atoms with van der Waals surface area (Å²) in [6.07, 6.45) is 0. The third-order valence-corrected chi connectivity index (χ3v) is 13.7. The molecule has 0 fully saturated rings. The fourth-order valence-electron chi connectivity index (χ4n) is 9.30. The molecule has 2 heterocycles. The van der Waals surface area contributed by atoms with Gasteiger partial charge in [-0.05, 0) is 24.3 Å². The van der Waals surface area contributed by atoms with E-state index in [1.165, 1.54) is 36.4 Å². The number of nitrogens with zero attached hydrogens (tertiary/aromatic N) is 2. The molecule has 26 nitrogen and oxygen atoms in total. The first-order valence-corrected chi connectivity index (χ1v) is 27.9. The average molecular weight is 1360 g/mol. The van der Waals surface area contributed by atoms with Gasteiger partial charge in [0.2, 0.25) is 0 Å². The maximum atomic E-state index is 12.7. The molecule has 0 atom stereocenters. The fraction of sp³-hybridized carbons (Fsp3) is 0. The van der Waals surface area contributed by atoms with E-state index in [2.05, 4.69) is 9.98 Å². The number of fused-ring (bicyclic) bond motifs is 15. The van der Waals surface area contributed by atoms with E-state index in [4.69, 9.17) is 25.1 Å². The second kappa shape index (κ2) is 26.6. The Balaban J connectivity index is 0.00000196. The first-order chi connectivity index (χ1) is 34.4. The van der Waals surface area contributed by atoms with Gasteiger partial charge in [-0.3, -0.25) is 0 Å². The zero-order valence-corrected chi connectivity index (χ0v) is 65.0. The molecule has 0 N–H and O–H groups in total. The number of hydrogen-bond donors (Lipinski definition) is 0. The van der Waals surface area contributed by atoms with Gasteiger partial charge in [-0.1, -0.05) is 72.8 Å². The Kier molecular flexibility index (Phi) is 24.2. The minimum Gasteiger partial charge on any atom is -0.716 e. The van der Waals surface area contributed by atoms with E-state index >= 15 is 0 Å². The molecule has 0 amide bonds. The van der Waals surface area contributed by atoms with Crippen molar-refractivity contribution in [2.45, 2.75) is 0 Å². The second-order valence-electron chi connectivity index (χ2n) is 15.8. The molecule has 380 valence electrons. The predicted molar refractivity (Wildman–Crippen MR) is 246 cm³/mol. The summed E-state index contributed by atoms with van der Waals surface area (Å²) in [5.41, 5.74) is -1.77. The van der Waals surface area contributed by atoms with Crippen LogP contribution in [-0.2, 0) is 62.4 Å². The monoisotopic (exact) mass is 1360 g/mol. The summed E-state index contributed by atoms with van der Waals surface area (Å²) in [6, 6.07) is 18.6. The maximum absolute atomic E-state index is 12.7. The van der Waals surface area contributed by atoms with Gasteiger partial charge in [0.1, 0.15) is 0 Å². The van der Waals surface area contributed by atoms with Gasteiger partial charge < -0.3 is 52.4 Å². The second-order valence-corrected chi connectivity index (χ2v) is 21.7. The summed E-state index contributed by atoms with van der Waals surface area (Å²) in [6.45, 7) is 0. The van der Waals surface area contributed by atoms with Crippen LogP contribution >= 0.6 is 0 Å². The Morgan fingerprint density at radius 2 is 0.487 bits per heavy atom. The summed E-state index contributed by atoms with van der Waals surface area (Å²) < 4.78 is 254. The van der Waals surface area contributed by atoms with Crippen molar-refractivity contribution in [1.29, 1.82) is 0 Å². The van der Waals surface area contributed by atoms with Crippen molar-refractivity contribution in [1.82, 2.24) is 0 Å². The van der Waals surface area contributed by atoms with Crippen molar-refractivity contribution in [2.24, 2.45) is 9.98 Å². The minimum atomic E-state index is -5.87. The maximum Gasteiger partial charge on any atom is 1.00 e. The van der Waals surface area contributed by atoms with Crippen LogP contribution in [0.1, 0.15) is 0 Å². The van der Waals surface area contributed by atoms with Gasteiger partial charge in [-0.2, -0.15) is 0 Å². The van der Waals surface area contributed by atoms with E-state index in [0.717, 1.165) is 60.7 Å². The van der Waals surface area contributed by atoms with Crippen LogP contribution in [0.2, 0.25) is 0 Å². The van der Waals surface area contributed by atoms with Crippen LogP contribution in [0.25, 0.3) is 86.9 Å². The van der Waals surface area contributed by atoms with E-state index in [1.807, 2.05) is 0 Å². The first kappa shape index (κ1) is 73.0. The molecule has 0 aromatic heterocycles. The van der Waals surface area contributed by atoms with Crippen LogP contribution in [0.3, 0.4) is 0 Å². The van der Waals surface area contributed by atoms with Gasteiger partial charge in [0.05, 0.1) is 32.9 Å². The number of hydrogen-bond acceptors (Lipinski definition) is 26. The Hall–Kier alpha value is 2.22. The van der Waals surface area contributed by atoms with Crippen molar-refractivity contribution >= 4 is 138 Å². The summed E-state index contributed by atoms with van der Waals surface area (Å²) in [5, 5.41) is -6.58. The van der Waals surface area contributed by atoms with Crippen molar-refractivity contribution in [2.75, 3.05) is 0 Å². The van der Waals surface area contributed by atoms with Crippen LogP contribution < -0.4 is 344 Å². The van der Waals surface area contributed by atoms with Gasteiger partial charge in [0.15, 0.2) is 34.5 Å². The standard InChI is InChI=1S/C42H22N2O24S6.6K/c45-69(46,47)63-37-17-7-1-3-9-19(17)39(65-71(51,52)53)25-15-29-27(13-23(25)37)31-32-28-14-24-26(40(66-72(54,55)56)20-10-4-2-8-18(20)38(24)64-70(48,49)50)16-30(28)44-36(32)34-33(35(31)43-29)41(67-73(57,58)59)21-11-5-6-12-22(21)42(34)68-74(60,61)62;;;;;;/h1-16H,(H,45,46,47)(H,48,49,50)(H,51,52,53)(H,54,55,56)(H,57,58,59)(H,60,61,62);;;;;;/q;6*+1/p-6. The molecule has 0 bridgehead atoms. The van der Waals surface area contributed by atoms with Crippen LogP contribution in [0.5, 0.6) is 34.5 Å². The molecular weight excluding hydrogens is 1340 g/mol. The van der Waals surface area contributed by atoms with Crippen LogP contribution in [0.4, 0.5) is 11.4 Å². The van der Waals surface area contributed by atoms with Crippen molar-refractivity contribution < 1.29 is 411 Å². The van der Waals surface area contributed by atoms with Gasteiger partial charge in [0.25, 0.3) is 62.4 Å². The molecule has 9 aromatic carbocycles. The normalized spacial score (nSPS) is 12.6. The summed E-state index contributed by atoms with van der Waals surface area (Å²) in [4.78, 5) is 9.30. The minimum absolute atomic E-state index is 0. The smallest absolute Gasteiger partial charge is 0.716 e. The molecule has 0 saturated heterocycles. The van der Waals surface area contributed by atoms with E-state index in [0.29, 0.717) is 0 Å². The van der Waals surface area contributed by atoms with E-state index in [9.17, 15) is 77.8 Å². The zero-order chi connectivity index (χ0) is 53.0. The third-order valence-electron chi connectivity index (χ3n) is 11.5. The van der Waals surface area contributed by atoms with Crippen LogP contribution in [-0.4, -0.2) is 77.8 Å². The summed E-state index contributed by atoms with van der Waals surface area (Å²) in [5.74, 6) is -4.94. The quantitative estimate of drug-likeness (QED) is 0.0474. The van der Waals surface area contributed by atoms with Crippen molar-refractivity contribution in [3.8, 4) is 56.8 Å². The van der Waals surface area contributed by atoms with E-state index in [-0.39, 0.29) is 363 Å². The topological polar surface area (TPSA) is 423 Å². The first-order valence-electron chi connectivity index (χ1n) is 19.9. The van der Waals surface area contributed by atoms with Crippen molar-refractivity contribution in [3.63, 3.8) is 0 Å². The SMILES string of the molecule is O=S(=O)([O-])Oc1c2ccccc2c(OS(=O)(=O)[O-])c2cc3c(cc12)N=c1c-3c2c(c3c(OS(=O)(=O)[O-])c4ccccc4c(OS(=O)(=O)[O-])c13)=Nc1cc3c(OS(=O)(=O)[O-])c4ccccc4c(OS(=O)(=O)[O-])c3cc1-2.[K+].[K+].[K+].[K+].[K+].[K+]. The molecule has 0 saturated carbocycles. The average Bonchev–Trinajstić information content (AvgIpc) is 3.83. The van der Waals surface area contributed by atoms with Gasteiger partial charge >= 0.3 is 308 Å². The molecule has 0 spiro atoms. The molecule has 38 heteroatoms. The Labute approximate surface area is 707 Å². The molecular formula is C42H16K6N2O24S6. The van der Waals surface area contributed by atoms with Gasteiger partial charge in [0, 0.05) is 76.1 Å². The number of benzene rings is 9. The van der Waals surface area contributed by atoms with Crippen molar-refractivity contribution in [3.05, 3.63) is 108 Å². The van der Waals surface area contributed by atoms with E-state index < -0.39 is 151 Å². The zero-order valence-electron chi connectivity index (χ0n) is 41.4. The Morgan fingerprint density at radius 1 is 0.287 bits per heavy atom. The molecule has 0 aliphatic carbocycles. The van der Waals surface area contributed by atoms with Crippen LogP contribution in [0.15, 0.2) is 107 Å². The molecule has 2 aliphatic rings. The number of rotatable bonds is 12. The Morgan fingerprint density at radius 3 is 0.713 bits per heavy atom. The largest absolute Gasteiger partial charge is 1.00 e. The molecule has 0 unspecified atom stereocenters. The predicted octanol–water partition coefficient (Wildman–Crippen LogP) is -14.5. The van der Waals surface area contributed by atoms with Gasteiger partial charge in [-0.15, -0.1) is 0 Å². The van der Waals surface area contributed by atoms with E-state index in [1.54, 1.807) is 0 Å². The third kappa shape index (κ3) is 14.7. The molecule has 2 aliphatic heterocycles. The molecule has 0 radical (unpaired) electrons. The van der Waals surface area contributed by atoms with Gasteiger partial charge in [-0.25, -0.2) is 60.5 Å². The molecule has 9 aromatic rings. The summed E-state index contributed by atoms with van der Waals surface area (Å²) >= 11 is 0.